The van der Waals surface area contributed by atoms with Gasteiger partial charge >= 0.3 is 0 Å². The van der Waals surface area contributed by atoms with Gasteiger partial charge in [-0.1, -0.05) is 90.2 Å². The topological polar surface area (TPSA) is 61.2 Å². The molecule has 4 aromatic rings. The van der Waals surface area contributed by atoms with Crippen molar-refractivity contribution in [2.75, 3.05) is 31.1 Å². The summed E-state index contributed by atoms with van der Waals surface area (Å²) in [6.07, 6.45) is 3.43. The summed E-state index contributed by atoms with van der Waals surface area (Å²) in [7, 11) is 0. The van der Waals surface area contributed by atoms with Crippen molar-refractivity contribution in [3.63, 3.8) is 0 Å². The molecule has 0 atom stereocenters. The Labute approximate surface area is 249 Å². The first-order valence-corrected chi connectivity index (χ1v) is 14.9. The molecule has 0 bridgehead atoms. The van der Waals surface area contributed by atoms with Crippen LogP contribution in [0.3, 0.4) is 0 Å². The van der Waals surface area contributed by atoms with E-state index in [9.17, 15) is 9.59 Å². The summed E-state index contributed by atoms with van der Waals surface area (Å²) in [5.74, 6) is 0.431. The Hall–Kier alpha value is -3.79. The van der Waals surface area contributed by atoms with E-state index >= 15 is 0 Å². The Bertz CT molecular complexity index is 1710. The molecule has 9 heteroatoms. The molecule has 0 aliphatic carbocycles. The molecule has 41 heavy (non-hydrogen) atoms. The minimum Gasteiger partial charge on any atom is -0.353 e. The Morgan fingerprint density at radius 3 is 2.32 bits per heavy atom. The van der Waals surface area contributed by atoms with Gasteiger partial charge in [0, 0.05) is 38.9 Å². The molecule has 2 aromatic heterocycles. The number of anilines is 1. The summed E-state index contributed by atoms with van der Waals surface area (Å²) in [4.78, 5) is 39.1. The highest BCUT2D eigenvalue weighted by atomic mass is 32.2. The molecule has 4 heterocycles. The van der Waals surface area contributed by atoms with E-state index in [4.69, 9.17) is 17.2 Å². The molecule has 2 aromatic carbocycles. The van der Waals surface area contributed by atoms with Gasteiger partial charge < -0.3 is 4.90 Å². The zero-order chi connectivity index (χ0) is 28.5. The van der Waals surface area contributed by atoms with E-state index in [1.54, 1.807) is 21.6 Å². The number of pyridine rings is 1. The fourth-order valence-corrected chi connectivity index (χ4v) is 6.51. The van der Waals surface area contributed by atoms with Gasteiger partial charge in [0.25, 0.3) is 11.5 Å². The van der Waals surface area contributed by atoms with E-state index in [0.717, 1.165) is 49.4 Å². The summed E-state index contributed by atoms with van der Waals surface area (Å²) < 4.78 is 2.06. The van der Waals surface area contributed by atoms with Crippen LogP contribution < -0.4 is 10.5 Å². The molecule has 2 fully saturated rings. The standard InChI is InChI=1S/C32H31N5O2S2/c1-22-10-12-25(13-11-22)21-37-31(39)27(41-32(37)40)19-26-29(33-28-23(2)7-6-14-36(28)30(26)38)35-17-15-34(16-18-35)20-24-8-4-3-5-9-24/h3-14,19H,15-18,20-21H2,1-2H3/b27-19+. The van der Waals surface area contributed by atoms with Crippen LogP contribution in [0.5, 0.6) is 0 Å². The van der Waals surface area contributed by atoms with E-state index in [2.05, 4.69) is 34.1 Å². The van der Waals surface area contributed by atoms with Crippen molar-refractivity contribution in [2.24, 2.45) is 0 Å². The van der Waals surface area contributed by atoms with Crippen LogP contribution in [0, 0.1) is 13.8 Å². The van der Waals surface area contributed by atoms with Gasteiger partial charge in [0.1, 0.15) is 15.8 Å². The highest BCUT2D eigenvalue weighted by molar-refractivity contribution is 8.26. The van der Waals surface area contributed by atoms with Gasteiger partial charge in [-0.25, -0.2) is 4.98 Å². The molecule has 7 nitrogen and oxygen atoms in total. The molecule has 1 amide bonds. The van der Waals surface area contributed by atoms with Gasteiger partial charge in [0.15, 0.2) is 0 Å². The molecule has 2 aliphatic heterocycles. The molecule has 2 aliphatic rings. The van der Waals surface area contributed by atoms with Crippen molar-refractivity contribution in [3.05, 3.63) is 116 Å². The third-order valence-electron chi connectivity index (χ3n) is 7.60. The van der Waals surface area contributed by atoms with Crippen molar-refractivity contribution in [1.29, 1.82) is 0 Å². The predicted octanol–water partition coefficient (Wildman–Crippen LogP) is 5.03. The number of aryl methyl sites for hydroxylation is 2. The number of hydrogen-bond donors (Lipinski definition) is 0. The number of thioether (sulfide) groups is 1. The zero-order valence-electron chi connectivity index (χ0n) is 23.1. The van der Waals surface area contributed by atoms with Gasteiger partial charge in [-0.15, -0.1) is 0 Å². The van der Waals surface area contributed by atoms with E-state index in [-0.39, 0.29) is 11.5 Å². The van der Waals surface area contributed by atoms with E-state index in [1.165, 1.54) is 17.3 Å². The number of benzene rings is 2. The maximum atomic E-state index is 13.9. The second-order valence-corrected chi connectivity index (χ2v) is 12.2. The fourth-order valence-electron chi connectivity index (χ4n) is 5.27. The largest absolute Gasteiger partial charge is 0.353 e. The van der Waals surface area contributed by atoms with E-state index in [0.29, 0.717) is 32.8 Å². The van der Waals surface area contributed by atoms with Crippen molar-refractivity contribution >= 4 is 51.7 Å². The smallest absolute Gasteiger partial charge is 0.267 e. The zero-order valence-corrected chi connectivity index (χ0v) is 24.8. The summed E-state index contributed by atoms with van der Waals surface area (Å²) in [5, 5.41) is 0. The third-order valence-corrected chi connectivity index (χ3v) is 8.97. The van der Waals surface area contributed by atoms with Crippen LogP contribution in [0.2, 0.25) is 0 Å². The van der Waals surface area contributed by atoms with Gasteiger partial charge in [-0.2, -0.15) is 0 Å². The number of piperazine rings is 1. The quantitative estimate of drug-likeness (QED) is 0.234. The minimum atomic E-state index is -0.191. The highest BCUT2D eigenvalue weighted by Crippen LogP contribution is 2.34. The third kappa shape index (κ3) is 5.70. The lowest BCUT2D eigenvalue weighted by Crippen LogP contribution is -2.47. The number of carbonyl (C=O) groups excluding carboxylic acids is 1. The molecule has 0 N–H and O–H groups in total. The van der Waals surface area contributed by atoms with Crippen LogP contribution in [-0.2, 0) is 17.9 Å². The molecular weight excluding hydrogens is 551 g/mol. The summed E-state index contributed by atoms with van der Waals surface area (Å²) >= 11 is 6.84. The Kier molecular flexibility index (Phi) is 7.75. The minimum absolute atomic E-state index is 0.187. The van der Waals surface area contributed by atoms with Gasteiger partial charge in [0.05, 0.1) is 17.0 Å². The Morgan fingerprint density at radius 2 is 1.59 bits per heavy atom. The Balaban J connectivity index is 1.32. The average molecular weight is 582 g/mol. The number of amides is 1. The molecule has 6 rings (SSSR count). The van der Waals surface area contributed by atoms with Crippen molar-refractivity contribution in [1.82, 2.24) is 19.2 Å². The van der Waals surface area contributed by atoms with Crippen LogP contribution in [0.1, 0.15) is 27.8 Å². The van der Waals surface area contributed by atoms with E-state index < -0.39 is 0 Å². The first-order valence-electron chi connectivity index (χ1n) is 13.7. The number of rotatable bonds is 6. The lowest BCUT2D eigenvalue weighted by molar-refractivity contribution is -0.122. The Morgan fingerprint density at radius 1 is 0.878 bits per heavy atom. The predicted molar refractivity (Wildman–Crippen MR) is 170 cm³/mol. The van der Waals surface area contributed by atoms with Crippen molar-refractivity contribution in [2.45, 2.75) is 26.9 Å². The maximum absolute atomic E-state index is 13.9. The number of fused-ring (bicyclic) bond motifs is 1. The number of hydrogen-bond acceptors (Lipinski definition) is 7. The van der Waals surface area contributed by atoms with Crippen molar-refractivity contribution in [3.8, 4) is 0 Å². The molecule has 208 valence electrons. The lowest BCUT2D eigenvalue weighted by Gasteiger charge is -2.36. The van der Waals surface area contributed by atoms with Gasteiger partial charge in [-0.3, -0.25) is 23.8 Å². The second-order valence-electron chi connectivity index (χ2n) is 10.5. The number of thiocarbonyl (C=S) groups is 1. The molecule has 0 spiro atoms. The summed E-state index contributed by atoms with van der Waals surface area (Å²) in [6.45, 7) is 8.44. The normalized spacial score (nSPS) is 17.3. The first-order chi connectivity index (χ1) is 19.9. The highest BCUT2D eigenvalue weighted by Gasteiger charge is 2.33. The van der Waals surface area contributed by atoms with Crippen LogP contribution in [0.15, 0.2) is 82.6 Å². The SMILES string of the molecule is Cc1ccc(CN2C(=O)/C(=C\c3c(N4CCN(Cc5ccccc5)CC4)nc4c(C)cccn4c3=O)SC2=S)cc1. The van der Waals surface area contributed by atoms with Gasteiger partial charge in [0.2, 0.25) is 0 Å². The van der Waals surface area contributed by atoms with Crippen LogP contribution in [-0.4, -0.2) is 55.6 Å². The second kappa shape index (κ2) is 11.6. The molecule has 0 radical (unpaired) electrons. The number of carbonyl (C=O) groups is 1. The first kappa shape index (κ1) is 27.4. The number of nitrogens with zero attached hydrogens (tertiary/aromatic N) is 5. The maximum Gasteiger partial charge on any atom is 0.267 e. The van der Waals surface area contributed by atoms with Crippen molar-refractivity contribution < 1.29 is 4.79 Å². The fraction of sp³-hybridized carbons (Fsp3) is 0.250. The van der Waals surface area contributed by atoms with Gasteiger partial charge in [-0.05, 0) is 42.7 Å². The number of aromatic nitrogens is 2. The lowest BCUT2D eigenvalue weighted by atomic mass is 10.1. The molecular formula is C32H31N5O2S2. The molecule has 0 unspecified atom stereocenters. The molecule has 2 saturated heterocycles. The summed E-state index contributed by atoms with van der Waals surface area (Å²) in [5.41, 5.74) is 5.22. The van der Waals surface area contributed by atoms with E-state index in [1.807, 2.05) is 56.3 Å². The average Bonchev–Trinajstić information content (AvgIpc) is 3.24. The van der Waals surface area contributed by atoms with Crippen LogP contribution >= 0.6 is 24.0 Å². The molecule has 0 saturated carbocycles. The monoisotopic (exact) mass is 581 g/mol. The summed E-state index contributed by atoms with van der Waals surface area (Å²) in [6, 6.07) is 22.3. The van der Waals surface area contributed by atoms with Crippen LogP contribution in [0.25, 0.3) is 11.7 Å². The van der Waals surface area contributed by atoms with Crippen LogP contribution in [0.4, 0.5) is 5.82 Å².